The van der Waals surface area contributed by atoms with Crippen molar-refractivity contribution in [2.75, 3.05) is 13.2 Å². The van der Waals surface area contributed by atoms with Gasteiger partial charge in [-0.1, -0.05) is 18.6 Å². The first-order valence-electron chi connectivity index (χ1n) is 3.72. The van der Waals surface area contributed by atoms with E-state index in [1.807, 2.05) is 6.11 Å². The van der Waals surface area contributed by atoms with Crippen molar-refractivity contribution < 1.29 is 23.8 Å². The fourth-order valence-corrected chi connectivity index (χ4v) is 0.434. The molecule has 0 heterocycles. The average molecular weight is 198 g/mol. The van der Waals surface area contributed by atoms with Gasteiger partial charge in [0.05, 0.1) is 0 Å². The summed E-state index contributed by atoms with van der Waals surface area (Å²) >= 11 is 0. The Balaban J connectivity index is 3.58. The Kier molecular flexibility index (Phi) is 6.60. The molecule has 0 saturated carbocycles. The lowest BCUT2D eigenvalue weighted by atomic mass is 10.6. The molecule has 5 nitrogen and oxygen atoms in total. The molecular weight excluding hydrogens is 188 g/mol. The molecule has 14 heavy (non-hydrogen) atoms. The number of carbonyl (C=O) groups excluding carboxylic acids is 2. The first-order chi connectivity index (χ1) is 6.70. The Hall–Kier alpha value is -1.96. The molecule has 0 aromatic rings. The quantitative estimate of drug-likeness (QED) is 0.380. The lowest BCUT2D eigenvalue weighted by molar-refractivity contribution is -0.146. The molecule has 76 valence electrons. The van der Waals surface area contributed by atoms with Crippen molar-refractivity contribution in [3.8, 4) is 12.0 Å². The third-order valence-electron chi connectivity index (χ3n) is 0.906. The topological polar surface area (TPSA) is 61.8 Å². The third-order valence-corrected chi connectivity index (χ3v) is 0.906. The summed E-state index contributed by atoms with van der Waals surface area (Å²) in [6.07, 6.45) is 2.39. The van der Waals surface area contributed by atoms with E-state index in [0.717, 1.165) is 0 Å². The minimum absolute atomic E-state index is 0.0754. The highest BCUT2D eigenvalue weighted by Gasteiger charge is 2.07. The molecule has 0 aliphatic rings. The van der Waals surface area contributed by atoms with Crippen molar-refractivity contribution in [3.63, 3.8) is 0 Å². The summed E-state index contributed by atoms with van der Waals surface area (Å²) in [6.45, 7) is 4.41. The Morgan fingerprint density at radius 1 is 1.43 bits per heavy atom. The van der Waals surface area contributed by atoms with Gasteiger partial charge in [-0.05, 0) is 0 Å². The standard InChI is InChI=1S/C9H10O5/c1-3-5-12-8(10)7-14-9(11)13-6-4-2/h3H,1,5,7H2,2H3. The van der Waals surface area contributed by atoms with Gasteiger partial charge >= 0.3 is 12.1 Å². The van der Waals surface area contributed by atoms with Gasteiger partial charge in [-0.25, -0.2) is 9.59 Å². The molecule has 0 aromatic carbocycles. The normalized spacial score (nSPS) is 7.79. The Morgan fingerprint density at radius 2 is 2.14 bits per heavy atom. The molecule has 0 amide bonds. The van der Waals surface area contributed by atoms with Gasteiger partial charge in [0.25, 0.3) is 0 Å². The van der Waals surface area contributed by atoms with Crippen molar-refractivity contribution in [1.82, 2.24) is 0 Å². The zero-order valence-corrected chi connectivity index (χ0v) is 7.74. The smallest absolute Gasteiger partial charge is 0.459 e. The molecule has 0 radical (unpaired) electrons. The highest BCUT2D eigenvalue weighted by Crippen LogP contribution is 1.86. The average Bonchev–Trinajstić information content (AvgIpc) is 2.20. The van der Waals surface area contributed by atoms with E-state index in [4.69, 9.17) is 0 Å². The van der Waals surface area contributed by atoms with Crippen LogP contribution in [-0.4, -0.2) is 25.3 Å². The van der Waals surface area contributed by atoms with E-state index in [1.165, 1.54) is 13.0 Å². The largest absolute Gasteiger partial charge is 0.523 e. The fraction of sp³-hybridized carbons (Fsp3) is 0.333. The van der Waals surface area contributed by atoms with Crippen LogP contribution in [0.1, 0.15) is 6.92 Å². The fourth-order valence-electron chi connectivity index (χ4n) is 0.434. The maximum atomic E-state index is 10.7. The van der Waals surface area contributed by atoms with Crippen LogP contribution in [0, 0.1) is 12.0 Å². The molecule has 0 atom stereocenters. The van der Waals surface area contributed by atoms with Gasteiger partial charge in [0.15, 0.2) is 6.61 Å². The zero-order chi connectivity index (χ0) is 10.8. The summed E-state index contributed by atoms with van der Waals surface area (Å²) < 4.78 is 13.0. The first-order valence-corrected chi connectivity index (χ1v) is 3.72. The zero-order valence-electron chi connectivity index (χ0n) is 7.74. The Morgan fingerprint density at radius 3 is 2.71 bits per heavy atom. The van der Waals surface area contributed by atoms with Gasteiger partial charge in [-0.15, -0.1) is 0 Å². The molecule has 0 spiro atoms. The number of ether oxygens (including phenoxy) is 3. The van der Waals surface area contributed by atoms with Gasteiger partial charge in [-0.3, -0.25) is 0 Å². The van der Waals surface area contributed by atoms with Crippen molar-refractivity contribution in [2.45, 2.75) is 6.92 Å². The number of esters is 1. The van der Waals surface area contributed by atoms with E-state index in [0.29, 0.717) is 0 Å². The monoisotopic (exact) mass is 198 g/mol. The van der Waals surface area contributed by atoms with Crippen LogP contribution in [0.4, 0.5) is 4.79 Å². The molecule has 0 aliphatic carbocycles. The lowest BCUT2D eigenvalue weighted by Crippen LogP contribution is -2.16. The molecule has 0 fully saturated rings. The van der Waals surface area contributed by atoms with Gasteiger partial charge in [0, 0.05) is 6.92 Å². The van der Waals surface area contributed by atoms with Gasteiger partial charge < -0.3 is 14.2 Å². The van der Waals surface area contributed by atoms with Gasteiger partial charge in [-0.2, -0.15) is 0 Å². The van der Waals surface area contributed by atoms with Gasteiger partial charge in [0.1, 0.15) is 12.7 Å². The van der Waals surface area contributed by atoms with Crippen molar-refractivity contribution in [2.24, 2.45) is 0 Å². The van der Waals surface area contributed by atoms with Crippen LogP contribution in [0.2, 0.25) is 0 Å². The molecule has 5 heteroatoms. The summed E-state index contributed by atoms with van der Waals surface area (Å²) in [5.74, 6) is 1.64. The van der Waals surface area contributed by atoms with Crippen molar-refractivity contribution >= 4 is 12.1 Å². The van der Waals surface area contributed by atoms with Gasteiger partial charge in [0.2, 0.25) is 0 Å². The summed E-state index contributed by atoms with van der Waals surface area (Å²) in [5.41, 5.74) is 0. The minimum atomic E-state index is -1.03. The van der Waals surface area contributed by atoms with Crippen molar-refractivity contribution in [1.29, 1.82) is 0 Å². The van der Waals surface area contributed by atoms with E-state index in [-0.39, 0.29) is 6.61 Å². The molecule has 0 bridgehead atoms. The molecule has 0 N–H and O–H groups in total. The molecule has 0 unspecified atom stereocenters. The van der Waals surface area contributed by atoms with Crippen LogP contribution in [0.3, 0.4) is 0 Å². The van der Waals surface area contributed by atoms with Crippen LogP contribution in [0.5, 0.6) is 0 Å². The van der Waals surface area contributed by atoms with E-state index < -0.39 is 18.7 Å². The van der Waals surface area contributed by atoms with Crippen molar-refractivity contribution in [3.05, 3.63) is 12.7 Å². The second-order valence-electron chi connectivity index (χ2n) is 1.96. The second-order valence-corrected chi connectivity index (χ2v) is 1.96. The van der Waals surface area contributed by atoms with E-state index in [9.17, 15) is 9.59 Å². The maximum absolute atomic E-state index is 10.7. The highest BCUT2D eigenvalue weighted by atomic mass is 16.7. The number of hydrogen-bond acceptors (Lipinski definition) is 5. The second kappa shape index (κ2) is 7.68. The Labute approximate surface area is 81.6 Å². The molecule has 0 aliphatic heterocycles. The number of carbonyl (C=O) groups is 2. The third kappa shape index (κ3) is 6.73. The van der Waals surface area contributed by atoms with Crippen LogP contribution in [0.25, 0.3) is 0 Å². The summed E-state index contributed by atoms with van der Waals surface area (Å²) in [7, 11) is 0. The summed E-state index contributed by atoms with van der Waals surface area (Å²) in [5, 5.41) is 0. The molecule has 0 aromatic heterocycles. The Bertz CT molecular complexity index is 271. The lowest BCUT2D eigenvalue weighted by Gasteiger charge is -2.01. The SMILES string of the molecule is C=CCOC(=O)COC(=O)OC#CC. The maximum Gasteiger partial charge on any atom is 0.523 e. The van der Waals surface area contributed by atoms with E-state index in [2.05, 4.69) is 26.7 Å². The molecule has 0 saturated heterocycles. The van der Waals surface area contributed by atoms with Crippen LogP contribution in [-0.2, 0) is 19.0 Å². The van der Waals surface area contributed by atoms with Crippen LogP contribution >= 0.6 is 0 Å². The number of hydrogen-bond donors (Lipinski definition) is 0. The highest BCUT2D eigenvalue weighted by molar-refractivity contribution is 5.74. The molecular formula is C9H10O5. The number of rotatable bonds is 4. The predicted molar refractivity (Wildman–Crippen MR) is 47.0 cm³/mol. The first kappa shape index (κ1) is 12.0. The summed E-state index contributed by atoms with van der Waals surface area (Å²) in [6, 6.07) is 0. The van der Waals surface area contributed by atoms with Crippen LogP contribution < -0.4 is 0 Å². The molecule has 0 rings (SSSR count). The van der Waals surface area contributed by atoms with E-state index >= 15 is 0 Å². The van der Waals surface area contributed by atoms with E-state index in [1.54, 1.807) is 0 Å². The summed E-state index contributed by atoms with van der Waals surface area (Å²) in [4.78, 5) is 21.3. The predicted octanol–water partition coefficient (Wildman–Crippen LogP) is 0.850. The minimum Gasteiger partial charge on any atom is -0.459 e. The van der Waals surface area contributed by atoms with Crippen LogP contribution in [0.15, 0.2) is 12.7 Å².